The number of thiazole rings is 1. The molecule has 122 valence electrons. The minimum absolute atomic E-state index is 0.0757. The summed E-state index contributed by atoms with van der Waals surface area (Å²) in [7, 11) is -3.67. The molecule has 1 heterocycles. The number of sulfonamides is 1. The molecule has 0 saturated carbocycles. The molecule has 0 atom stereocenters. The van der Waals surface area contributed by atoms with Crippen LogP contribution in [0.2, 0.25) is 0 Å². The lowest BCUT2D eigenvalue weighted by atomic mass is 10.1. The van der Waals surface area contributed by atoms with Gasteiger partial charge in [-0.15, -0.1) is 11.3 Å². The van der Waals surface area contributed by atoms with E-state index in [1.54, 1.807) is 18.2 Å². The van der Waals surface area contributed by atoms with Crippen molar-refractivity contribution in [3.8, 4) is 0 Å². The summed E-state index contributed by atoms with van der Waals surface area (Å²) in [6, 6.07) is 6.27. The van der Waals surface area contributed by atoms with Gasteiger partial charge in [-0.2, -0.15) is 0 Å². The van der Waals surface area contributed by atoms with Crippen LogP contribution in [0.4, 0.5) is 0 Å². The van der Waals surface area contributed by atoms with Crippen molar-refractivity contribution in [1.29, 1.82) is 0 Å². The minimum atomic E-state index is -3.67. The lowest BCUT2D eigenvalue weighted by molar-refractivity contribution is -0.116. The van der Waals surface area contributed by atoms with Crippen LogP contribution < -0.4 is 10.5 Å². The van der Waals surface area contributed by atoms with Crippen molar-refractivity contribution < 1.29 is 13.2 Å². The molecule has 0 unspecified atom stereocenters. The van der Waals surface area contributed by atoms with Crippen molar-refractivity contribution >= 4 is 33.3 Å². The first kappa shape index (κ1) is 17.3. The Kier molecular flexibility index (Phi) is 5.64. The maximum atomic E-state index is 11.7. The molecule has 0 aliphatic heterocycles. The molecule has 0 fully saturated rings. The molecule has 0 aliphatic rings. The van der Waals surface area contributed by atoms with Crippen LogP contribution in [0.5, 0.6) is 0 Å². The van der Waals surface area contributed by atoms with Crippen LogP contribution in [0, 0.1) is 6.92 Å². The molecule has 0 saturated heterocycles. The second-order valence-electron chi connectivity index (χ2n) is 4.85. The Hall–Kier alpha value is -2.03. The van der Waals surface area contributed by atoms with E-state index in [0.717, 1.165) is 16.3 Å². The van der Waals surface area contributed by atoms with E-state index in [0.29, 0.717) is 13.0 Å². The molecular formula is C15H17N3O3S2. The highest BCUT2D eigenvalue weighted by Crippen LogP contribution is 2.10. The summed E-state index contributed by atoms with van der Waals surface area (Å²) in [5, 5.41) is 10.6. The highest BCUT2D eigenvalue weighted by molar-refractivity contribution is 7.89. The Bertz CT molecular complexity index is 809. The number of aryl methyl sites for hydroxylation is 1. The number of benzene rings is 1. The van der Waals surface area contributed by atoms with Gasteiger partial charge in [-0.3, -0.25) is 4.79 Å². The van der Waals surface area contributed by atoms with Gasteiger partial charge in [-0.05, 0) is 37.1 Å². The van der Waals surface area contributed by atoms with Crippen LogP contribution in [0.3, 0.4) is 0 Å². The molecule has 3 N–H and O–H groups in total. The molecule has 6 nitrogen and oxygen atoms in total. The molecule has 23 heavy (non-hydrogen) atoms. The van der Waals surface area contributed by atoms with Crippen LogP contribution in [0.15, 0.2) is 40.6 Å². The number of primary sulfonamides is 1. The lowest BCUT2D eigenvalue weighted by Crippen LogP contribution is -2.23. The third kappa shape index (κ3) is 5.59. The number of aromatic nitrogens is 1. The summed E-state index contributed by atoms with van der Waals surface area (Å²) in [4.78, 5) is 16.0. The molecule has 2 rings (SSSR count). The molecule has 0 aliphatic carbocycles. The normalized spacial score (nSPS) is 11.7. The number of amides is 1. The first-order valence-corrected chi connectivity index (χ1v) is 9.27. The van der Waals surface area contributed by atoms with E-state index >= 15 is 0 Å². The van der Waals surface area contributed by atoms with Crippen molar-refractivity contribution in [3.63, 3.8) is 0 Å². The predicted octanol–water partition coefficient (Wildman–Crippen LogP) is 1.47. The van der Waals surface area contributed by atoms with Gasteiger partial charge in [-0.25, -0.2) is 18.5 Å². The average molecular weight is 351 g/mol. The molecular weight excluding hydrogens is 334 g/mol. The lowest BCUT2D eigenvalue weighted by Gasteiger charge is -2.04. The number of carbonyl (C=O) groups excluding carboxylic acids is 1. The zero-order chi connectivity index (χ0) is 16.9. The van der Waals surface area contributed by atoms with Gasteiger partial charge in [0.1, 0.15) is 0 Å². The zero-order valence-electron chi connectivity index (χ0n) is 12.5. The standard InChI is InChI=1S/C15H17N3O3S2/c1-11-18-13(10-22-11)4-7-15(19)17-9-8-12-2-5-14(6-3-12)23(16,20)21/h2-7,10H,8-9H2,1H3,(H,17,19)(H2,16,20,21)/b7-4+. The number of nitrogens with one attached hydrogen (secondary N) is 1. The topological polar surface area (TPSA) is 102 Å². The second-order valence-corrected chi connectivity index (χ2v) is 7.48. The zero-order valence-corrected chi connectivity index (χ0v) is 14.2. The van der Waals surface area contributed by atoms with E-state index in [1.807, 2.05) is 12.3 Å². The second kappa shape index (κ2) is 7.49. The fourth-order valence-electron chi connectivity index (χ4n) is 1.85. The van der Waals surface area contributed by atoms with Gasteiger partial charge in [0.25, 0.3) is 0 Å². The summed E-state index contributed by atoms with van der Waals surface area (Å²) in [6.45, 7) is 2.36. The smallest absolute Gasteiger partial charge is 0.244 e. The third-order valence-corrected chi connectivity index (χ3v) is 4.73. The van der Waals surface area contributed by atoms with Crippen molar-refractivity contribution in [3.05, 3.63) is 52.0 Å². The number of nitrogens with two attached hydrogens (primary N) is 1. The fraction of sp³-hybridized carbons (Fsp3) is 0.200. The van der Waals surface area contributed by atoms with Crippen LogP contribution in [0.1, 0.15) is 16.3 Å². The molecule has 0 bridgehead atoms. The Morgan fingerprint density at radius 2 is 2.04 bits per heavy atom. The molecule has 1 aromatic carbocycles. The first-order valence-electron chi connectivity index (χ1n) is 6.84. The summed E-state index contributed by atoms with van der Waals surface area (Å²) >= 11 is 1.53. The number of nitrogens with zero attached hydrogens (tertiary/aromatic N) is 1. The van der Waals surface area contributed by atoms with Gasteiger partial charge in [-0.1, -0.05) is 12.1 Å². The van der Waals surface area contributed by atoms with Gasteiger partial charge < -0.3 is 5.32 Å². The third-order valence-electron chi connectivity index (χ3n) is 3.01. The highest BCUT2D eigenvalue weighted by atomic mass is 32.2. The van der Waals surface area contributed by atoms with E-state index in [9.17, 15) is 13.2 Å². The largest absolute Gasteiger partial charge is 0.352 e. The molecule has 1 aromatic heterocycles. The minimum Gasteiger partial charge on any atom is -0.352 e. The Labute approximate surface area is 139 Å². The number of hydrogen-bond acceptors (Lipinski definition) is 5. The summed E-state index contributed by atoms with van der Waals surface area (Å²) in [5.41, 5.74) is 1.68. The van der Waals surface area contributed by atoms with Gasteiger partial charge in [0.2, 0.25) is 15.9 Å². The van der Waals surface area contributed by atoms with E-state index in [4.69, 9.17) is 5.14 Å². The maximum absolute atomic E-state index is 11.7. The predicted molar refractivity (Wildman–Crippen MR) is 90.4 cm³/mol. The average Bonchev–Trinajstić information content (AvgIpc) is 2.90. The van der Waals surface area contributed by atoms with Crippen molar-refractivity contribution in [2.24, 2.45) is 5.14 Å². The van der Waals surface area contributed by atoms with Gasteiger partial charge in [0.05, 0.1) is 15.6 Å². The number of hydrogen-bond donors (Lipinski definition) is 2. The van der Waals surface area contributed by atoms with E-state index in [1.165, 1.54) is 29.5 Å². The number of rotatable bonds is 6. The van der Waals surface area contributed by atoms with Crippen LogP contribution >= 0.6 is 11.3 Å². The van der Waals surface area contributed by atoms with Crippen LogP contribution in [-0.4, -0.2) is 25.9 Å². The Balaban J connectivity index is 1.80. The summed E-state index contributed by atoms with van der Waals surface area (Å²) < 4.78 is 22.3. The monoisotopic (exact) mass is 351 g/mol. The van der Waals surface area contributed by atoms with Gasteiger partial charge in [0, 0.05) is 18.0 Å². The molecule has 8 heteroatoms. The van der Waals surface area contributed by atoms with Crippen LogP contribution in [0.25, 0.3) is 6.08 Å². The van der Waals surface area contributed by atoms with E-state index in [2.05, 4.69) is 10.3 Å². The van der Waals surface area contributed by atoms with E-state index < -0.39 is 10.0 Å². The SMILES string of the molecule is Cc1nc(/C=C/C(=O)NCCc2ccc(S(N)(=O)=O)cc2)cs1. The van der Waals surface area contributed by atoms with Crippen LogP contribution in [-0.2, 0) is 21.2 Å². The Morgan fingerprint density at radius 1 is 1.35 bits per heavy atom. The quantitative estimate of drug-likeness (QED) is 0.769. The molecule has 1 amide bonds. The molecule has 2 aromatic rings. The first-order chi connectivity index (χ1) is 10.8. The maximum Gasteiger partial charge on any atom is 0.244 e. The van der Waals surface area contributed by atoms with Gasteiger partial charge >= 0.3 is 0 Å². The number of carbonyl (C=O) groups is 1. The van der Waals surface area contributed by atoms with E-state index in [-0.39, 0.29) is 10.8 Å². The summed E-state index contributed by atoms with van der Waals surface area (Å²) in [5.74, 6) is -0.197. The molecule has 0 spiro atoms. The van der Waals surface area contributed by atoms with Crippen molar-refractivity contribution in [2.75, 3.05) is 6.54 Å². The highest BCUT2D eigenvalue weighted by Gasteiger charge is 2.06. The Morgan fingerprint density at radius 3 is 2.61 bits per heavy atom. The van der Waals surface area contributed by atoms with Gasteiger partial charge in [0.15, 0.2) is 0 Å². The van der Waals surface area contributed by atoms with Crippen molar-refractivity contribution in [2.45, 2.75) is 18.2 Å². The molecule has 0 radical (unpaired) electrons. The van der Waals surface area contributed by atoms with Crippen molar-refractivity contribution in [1.82, 2.24) is 10.3 Å². The fourth-order valence-corrected chi connectivity index (χ4v) is 2.95. The summed E-state index contributed by atoms with van der Waals surface area (Å²) in [6.07, 6.45) is 3.71.